The van der Waals surface area contributed by atoms with E-state index in [4.69, 9.17) is 0 Å². The summed E-state index contributed by atoms with van der Waals surface area (Å²) in [6, 6.07) is 0. The van der Waals surface area contributed by atoms with Crippen LogP contribution in [-0.4, -0.2) is 12.3 Å². The molecule has 0 saturated carbocycles. The molecule has 1 aliphatic heterocycles. The molecule has 1 heteroatoms. The lowest BCUT2D eigenvalue weighted by Crippen LogP contribution is -1.90. The molecule has 0 aromatic heterocycles. The molecule has 0 nitrogen and oxygen atoms in total. The van der Waals surface area contributed by atoms with Crippen LogP contribution in [0.25, 0.3) is 0 Å². The van der Waals surface area contributed by atoms with Crippen LogP contribution in [0.5, 0.6) is 0 Å². The maximum Gasteiger partial charge on any atom is -0.0350 e. The van der Waals surface area contributed by atoms with Crippen LogP contribution in [0.1, 0.15) is 13.8 Å². The first-order valence-corrected chi connectivity index (χ1v) is 3.12. The van der Waals surface area contributed by atoms with Gasteiger partial charge in [-0.1, -0.05) is 7.43 Å². The minimum absolute atomic E-state index is 0. The largest absolute Gasteiger partial charge is 0.122 e. The molecule has 0 amide bonds. The van der Waals surface area contributed by atoms with Crippen molar-refractivity contribution >= 4 is 8.58 Å². The third-order valence-electron chi connectivity index (χ3n) is 0.707. The van der Waals surface area contributed by atoms with Gasteiger partial charge in [-0.3, -0.25) is 0 Å². The molecule has 1 rings (SSSR count). The Morgan fingerprint density at radius 3 is 1.40 bits per heavy atom. The maximum absolute atomic E-state index is 1.53. The number of hydrogen-bond acceptors (Lipinski definition) is 0. The van der Waals surface area contributed by atoms with Gasteiger partial charge in [-0.25, -0.2) is 0 Å². The van der Waals surface area contributed by atoms with Crippen LogP contribution in [0.4, 0.5) is 0 Å². The quantitative estimate of drug-likeness (QED) is 0.397. The minimum Gasteiger partial charge on any atom is -0.122 e. The molecule has 0 aromatic carbocycles. The van der Waals surface area contributed by atoms with Crippen molar-refractivity contribution in [1.82, 2.24) is 0 Å². The summed E-state index contributed by atoms with van der Waals surface area (Å²) < 4.78 is 0. The van der Waals surface area contributed by atoms with Crippen LogP contribution < -0.4 is 0 Å². The third-order valence-corrected chi connectivity index (χ3v) is 2.12. The first-order chi connectivity index (χ1) is 2.00. The number of hydrogen-bond donors (Lipinski definition) is 0. The van der Waals surface area contributed by atoms with E-state index < -0.39 is 0 Å². The van der Waals surface area contributed by atoms with E-state index in [0.29, 0.717) is 0 Å². The molecule has 1 saturated heterocycles. The lowest BCUT2D eigenvalue weighted by atomic mass is 10.5. The number of rotatable bonds is 0. The lowest BCUT2D eigenvalue weighted by molar-refractivity contribution is 1.04. The Bertz CT molecular complexity index is 11.6. The highest BCUT2D eigenvalue weighted by Crippen LogP contribution is 2.23. The highest BCUT2D eigenvalue weighted by molar-refractivity contribution is 7.39. The van der Waals surface area contributed by atoms with E-state index in [1.54, 1.807) is 0 Å². The van der Waals surface area contributed by atoms with E-state index in [-0.39, 0.29) is 7.43 Å². The van der Waals surface area contributed by atoms with Crippen molar-refractivity contribution in [3.63, 3.8) is 0 Å². The Kier molecular flexibility index (Phi) is 2.88. The Hall–Kier alpha value is 0.430. The molecule has 0 atom stereocenters. The summed E-state index contributed by atoms with van der Waals surface area (Å²) in [5.41, 5.74) is 0. The average molecular weight is 90.1 g/mol. The molecule has 0 bridgehead atoms. The van der Waals surface area contributed by atoms with E-state index in [2.05, 4.69) is 0 Å². The normalized spacial score (nSPS) is 19.2. The summed E-state index contributed by atoms with van der Waals surface area (Å²) >= 11 is 0. The van der Waals surface area contributed by atoms with Gasteiger partial charge in [0.05, 0.1) is 0 Å². The molecule has 0 radical (unpaired) electrons. The molecule has 0 aromatic rings. The molecule has 0 unspecified atom stereocenters. The third kappa shape index (κ3) is 1.33. The second-order valence-corrected chi connectivity index (χ2v) is 2.60. The van der Waals surface area contributed by atoms with Gasteiger partial charge in [0, 0.05) is 0 Å². The summed E-state index contributed by atoms with van der Waals surface area (Å²) in [6.07, 6.45) is 4.57. The topological polar surface area (TPSA) is 0 Å². The Morgan fingerprint density at radius 1 is 1.20 bits per heavy atom. The van der Waals surface area contributed by atoms with Crippen molar-refractivity contribution in [3.05, 3.63) is 0 Å². The molecule has 1 aliphatic rings. The second-order valence-electron chi connectivity index (χ2n) is 1.10. The van der Waals surface area contributed by atoms with Crippen LogP contribution in [0.3, 0.4) is 0 Å². The molecular weight excluding hydrogens is 79.0 g/mol. The Labute approximate surface area is 35.7 Å². The van der Waals surface area contributed by atoms with Crippen LogP contribution in [0.15, 0.2) is 0 Å². The first kappa shape index (κ1) is 5.43. The summed E-state index contributed by atoms with van der Waals surface area (Å²) in [7, 11) is 1.32. The molecule has 32 valence electrons. The summed E-state index contributed by atoms with van der Waals surface area (Å²) in [5, 5.41) is 0. The molecule has 0 spiro atoms. The van der Waals surface area contributed by atoms with E-state index in [1.165, 1.54) is 27.3 Å². The van der Waals surface area contributed by atoms with Crippen molar-refractivity contribution in [3.8, 4) is 0 Å². The van der Waals surface area contributed by atoms with Crippen molar-refractivity contribution < 1.29 is 0 Å². The van der Waals surface area contributed by atoms with Crippen molar-refractivity contribution in [2.45, 2.75) is 13.8 Å². The summed E-state index contributed by atoms with van der Waals surface area (Å²) in [5.74, 6) is 0. The van der Waals surface area contributed by atoms with Gasteiger partial charge in [-0.05, 0) is 18.7 Å². The van der Waals surface area contributed by atoms with Crippen LogP contribution in [0.2, 0.25) is 0 Å². The zero-order valence-electron chi connectivity index (χ0n) is 2.62. The lowest BCUT2D eigenvalue weighted by Gasteiger charge is -2.06. The predicted octanol–water partition coefficient (Wildman–Crippen LogP) is 1.70. The molecule has 0 aliphatic carbocycles. The molecular formula is C4H11P. The SMILES string of the molecule is C.C1CPC1. The molecule has 5 heavy (non-hydrogen) atoms. The van der Waals surface area contributed by atoms with Gasteiger partial charge in [-0.2, -0.15) is 0 Å². The van der Waals surface area contributed by atoms with E-state index in [0.717, 1.165) is 0 Å². The van der Waals surface area contributed by atoms with Gasteiger partial charge < -0.3 is 0 Å². The fourth-order valence-electron chi connectivity index (χ4n) is 0.177. The smallest absolute Gasteiger partial charge is 0.0350 e. The first-order valence-electron chi connectivity index (χ1n) is 1.71. The van der Waals surface area contributed by atoms with Crippen molar-refractivity contribution in [1.29, 1.82) is 0 Å². The van der Waals surface area contributed by atoms with Crippen LogP contribution in [-0.2, 0) is 0 Å². The minimum atomic E-state index is 0. The molecule has 0 N–H and O–H groups in total. The van der Waals surface area contributed by atoms with Gasteiger partial charge in [0.15, 0.2) is 0 Å². The van der Waals surface area contributed by atoms with E-state index in [1.807, 2.05) is 0 Å². The summed E-state index contributed by atoms with van der Waals surface area (Å²) in [6.45, 7) is 0. The molecule has 1 heterocycles. The maximum atomic E-state index is 1.53. The zero-order chi connectivity index (χ0) is 2.83. The van der Waals surface area contributed by atoms with Crippen LogP contribution in [0, 0.1) is 0 Å². The highest BCUT2D eigenvalue weighted by Gasteiger charge is 1.94. The molecule has 1 fully saturated rings. The van der Waals surface area contributed by atoms with Gasteiger partial charge in [-0.15, -0.1) is 8.58 Å². The summed E-state index contributed by atoms with van der Waals surface area (Å²) in [4.78, 5) is 0. The van der Waals surface area contributed by atoms with E-state index >= 15 is 0 Å². The Balaban J connectivity index is 0.000000160. The van der Waals surface area contributed by atoms with Gasteiger partial charge in [0.1, 0.15) is 0 Å². The highest BCUT2D eigenvalue weighted by atomic mass is 31.1. The fraction of sp³-hybridized carbons (Fsp3) is 1.00. The average Bonchev–Trinajstić information content (AvgIpc) is 0.722. The standard InChI is InChI=1S/C3H7P.CH4/c1-2-4-3-1;/h4H,1-3H2;1H4. The zero-order valence-corrected chi connectivity index (χ0v) is 3.62. The predicted molar refractivity (Wildman–Crippen MR) is 29.4 cm³/mol. The van der Waals surface area contributed by atoms with Gasteiger partial charge in [0.25, 0.3) is 0 Å². The van der Waals surface area contributed by atoms with Gasteiger partial charge in [0.2, 0.25) is 0 Å². The van der Waals surface area contributed by atoms with Gasteiger partial charge >= 0.3 is 0 Å². The van der Waals surface area contributed by atoms with Crippen LogP contribution >= 0.6 is 8.58 Å². The Morgan fingerprint density at radius 2 is 1.40 bits per heavy atom. The fourth-order valence-corrected chi connectivity index (χ4v) is 0.530. The van der Waals surface area contributed by atoms with Crippen molar-refractivity contribution in [2.75, 3.05) is 12.3 Å². The second kappa shape index (κ2) is 2.66. The monoisotopic (exact) mass is 90.1 g/mol. The van der Waals surface area contributed by atoms with E-state index in [9.17, 15) is 0 Å². The van der Waals surface area contributed by atoms with Crippen molar-refractivity contribution in [2.24, 2.45) is 0 Å².